The Balaban J connectivity index is 1.50. The molecule has 162 valence electrons. The molecule has 0 atom stereocenters. The van der Waals surface area contributed by atoms with Gasteiger partial charge < -0.3 is 14.2 Å². The van der Waals surface area contributed by atoms with Crippen molar-refractivity contribution in [2.75, 3.05) is 7.11 Å². The number of non-ortho nitro benzene ring substituents is 1. The normalized spacial score (nSPS) is 10.5. The van der Waals surface area contributed by atoms with Crippen molar-refractivity contribution in [2.45, 2.75) is 6.61 Å². The van der Waals surface area contributed by atoms with Crippen molar-refractivity contribution in [1.82, 2.24) is 0 Å². The van der Waals surface area contributed by atoms with E-state index in [4.69, 9.17) is 14.2 Å². The average Bonchev–Trinajstić information content (AvgIpc) is 2.82. The van der Waals surface area contributed by atoms with Crippen LogP contribution < -0.4 is 9.47 Å². The van der Waals surface area contributed by atoms with Gasteiger partial charge in [-0.1, -0.05) is 12.1 Å². The molecule has 0 radical (unpaired) electrons. The topological polar surface area (TPSA) is 105 Å². The highest BCUT2D eigenvalue weighted by Crippen LogP contribution is 2.17. The molecular formula is C24H19NO7. The predicted molar refractivity (Wildman–Crippen MR) is 116 cm³/mol. The maximum absolute atomic E-state index is 12.2. The fourth-order valence-electron chi connectivity index (χ4n) is 2.62. The van der Waals surface area contributed by atoms with Gasteiger partial charge in [-0.25, -0.2) is 9.59 Å². The third-order valence-corrected chi connectivity index (χ3v) is 4.36. The number of nitro benzene ring substituents is 1. The number of esters is 2. The van der Waals surface area contributed by atoms with E-state index in [0.29, 0.717) is 28.2 Å². The smallest absolute Gasteiger partial charge is 0.343 e. The zero-order valence-corrected chi connectivity index (χ0v) is 17.1. The van der Waals surface area contributed by atoms with Gasteiger partial charge in [0.15, 0.2) is 0 Å². The minimum Gasteiger partial charge on any atom is -0.497 e. The summed E-state index contributed by atoms with van der Waals surface area (Å²) in [5.74, 6) is -0.0446. The minimum atomic E-state index is -0.557. The molecule has 0 aliphatic heterocycles. The molecule has 8 heteroatoms. The van der Waals surface area contributed by atoms with Crippen molar-refractivity contribution in [3.05, 3.63) is 106 Å². The fourth-order valence-corrected chi connectivity index (χ4v) is 2.62. The Hall–Kier alpha value is -4.46. The molecular weight excluding hydrogens is 414 g/mol. The first-order valence-electron chi connectivity index (χ1n) is 9.49. The molecule has 8 nitrogen and oxygen atoms in total. The monoisotopic (exact) mass is 433 g/mol. The number of hydrogen-bond acceptors (Lipinski definition) is 7. The Bertz CT molecular complexity index is 1120. The predicted octanol–water partition coefficient (Wildman–Crippen LogP) is 4.58. The molecule has 3 rings (SSSR count). The van der Waals surface area contributed by atoms with E-state index in [-0.39, 0.29) is 12.3 Å². The Labute approximate surface area is 183 Å². The highest BCUT2D eigenvalue weighted by atomic mass is 16.6. The number of ether oxygens (including phenoxy) is 3. The van der Waals surface area contributed by atoms with Crippen LogP contribution in [0.25, 0.3) is 6.08 Å². The van der Waals surface area contributed by atoms with Crippen LogP contribution in [0.2, 0.25) is 0 Å². The minimum absolute atomic E-state index is 0.00141. The number of carbonyl (C=O) groups excluding carboxylic acids is 2. The first-order valence-corrected chi connectivity index (χ1v) is 9.49. The highest BCUT2D eigenvalue weighted by molar-refractivity contribution is 5.91. The molecule has 0 N–H and O–H groups in total. The van der Waals surface area contributed by atoms with Crippen LogP contribution in [-0.4, -0.2) is 24.0 Å². The summed E-state index contributed by atoms with van der Waals surface area (Å²) in [7, 11) is 1.54. The molecule has 0 amide bonds. The van der Waals surface area contributed by atoms with Gasteiger partial charge in [0.2, 0.25) is 0 Å². The van der Waals surface area contributed by atoms with Crippen molar-refractivity contribution in [3.8, 4) is 11.5 Å². The Morgan fingerprint density at radius 1 is 0.906 bits per heavy atom. The summed E-state index contributed by atoms with van der Waals surface area (Å²) in [6.45, 7) is 0.00141. The second-order valence-electron chi connectivity index (χ2n) is 6.55. The molecule has 0 unspecified atom stereocenters. The second kappa shape index (κ2) is 10.5. The molecule has 0 saturated carbocycles. The van der Waals surface area contributed by atoms with Crippen molar-refractivity contribution < 1.29 is 28.7 Å². The van der Waals surface area contributed by atoms with Crippen LogP contribution in [-0.2, 0) is 16.1 Å². The summed E-state index contributed by atoms with van der Waals surface area (Å²) in [4.78, 5) is 34.2. The lowest BCUT2D eigenvalue weighted by Gasteiger charge is -2.05. The first-order chi connectivity index (χ1) is 15.4. The number of rotatable bonds is 8. The molecule has 3 aromatic rings. The van der Waals surface area contributed by atoms with E-state index < -0.39 is 16.9 Å². The Kier molecular flexibility index (Phi) is 7.32. The number of nitro groups is 1. The maximum atomic E-state index is 12.2. The van der Waals surface area contributed by atoms with Gasteiger partial charge in [0, 0.05) is 18.2 Å². The van der Waals surface area contributed by atoms with Gasteiger partial charge in [-0.3, -0.25) is 10.1 Å². The van der Waals surface area contributed by atoms with E-state index in [2.05, 4.69) is 0 Å². The maximum Gasteiger partial charge on any atom is 0.343 e. The third kappa shape index (κ3) is 6.27. The summed E-state index contributed by atoms with van der Waals surface area (Å²) in [5, 5.41) is 10.6. The lowest BCUT2D eigenvalue weighted by atomic mass is 10.2. The molecule has 0 heterocycles. The molecule has 0 aliphatic rings. The van der Waals surface area contributed by atoms with Crippen LogP contribution in [0.1, 0.15) is 21.5 Å². The second-order valence-corrected chi connectivity index (χ2v) is 6.55. The Morgan fingerprint density at radius 3 is 2.12 bits per heavy atom. The fraction of sp³-hybridized carbons (Fsp3) is 0.0833. The van der Waals surface area contributed by atoms with E-state index >= 15 is 0 Å². The quantitative estimate of drug-likeness (QED) is 0.168. The number of methoxy groups -OCH3 is 1. The SMILES string of the molecule is COc1ccc(C(=O)Oc2ccc(/C=C/C(=O)OCc3ccc([N+](=O)[O-])cc3)cc2)cc1. The summed E-state index contributed by atoms with van der Waals surface area (Å²) in [6, 6.07) is 18.9. The molecule has 0 bridgehead atoms. The van der Waals surface area contributed by atoms with E-state index in [0.717, 1.165) is 0 Å². The number of benzene rings is 3. The third-order valence-electron chi connectivity index (χ3n) is 4.36. The van der Waals surface area contributed by atoms with Crippen LogP contribution in [0.15, 0.2) is 78.9 Å². The van der Waals surface area contributed by atoms with E-state index in [1.807, 2.05) is 0 Å². The summed E-state index contributed by atoms with van der Waals surface area (Å²) < 4.78 is 15.5. The summed E-state index contributed by atoms with van der Waals surface area (Å²) in [6.07, 6.45) is 2.83. The number of hydrogen-bond donors (Lipinski definition) is 0. The van der Waals surface area contributed by atoms with Gasteiger partial charge in [-0.05, 0) is 65.7 Å². The van der Waals surface area contributed by atoms with Crippen LogP contribution in [0, 0.1) is 10.1 Å². The van der Waals surface area contributed by atoms with Crippen LogP contribution >= 0.6 is 0 Å². The molecule has 0 spiro atoms. The average molecular weight is 433 g/mol. The number of carbonyl (C=O) groups is 2. The van der Waals surface area contributed by atoms with Gasteiger partial charge in [-0.15, -0.1) is 0 Å². The van der Waals surface area contributed by atoms with Crippen LogP contribution in [0.4, 0.5) is 5.69 Å². The van der Waals surface area contributed by atoms with Crippen molar-refractivity contribution in [3.63, 3.8) is 0 Å². The van der Waals surface area contributed by atoms with Gasteiger partial charge in [0.25, 0.3) is 5.69 Å². The largest absolute Gasteiger partial charge is 0.497 e. The lowest BCUT2D eigenvalue weighted by Crippen LogP contribution is -2.08. The molecule has 0 fully saturated rings. The molecule has 0 aliphatic carbocycles. The zero-order valence-electron chi connectivity index (χ0n) is 17.1. The van der Waals surface area contributed by atoms with Gasteiger partial charge in [-0.2, -0.15) is 0 Å². The van der Waals surface area contributed by atoms with Gasteiger partial charge in [0.05, 0.1) is 17.6 Å². The van der Waals surface area contributed by atoms with Gasteiger partial charge in [0.1, 0.15) is 18.1 Å². The van der Waals surface area contributed by atoms with E-state index in [1.165, 1.54) is 30.3 Å². The van der Waals surface area contributed by atoms with Crippen molar-refractivity contribution >= 4 is 23.7 Å². The molecule has 0 saturated heterocycles. The van der Waals surface area contributed by atoms with Crippen LogP contribution in [0.3, 0.4) is 0 Å². The Morgan fingerprint density at radius 2 is 1.53 bits per heavy atom. The number of nitrogens with zero attached hydrogens (tertiary/aromatic N) is 1. The lowest BCUT2D eigenvalue weighted by molar-refractivity contribution is -0.384. The first kappa shape index (κ1) is 22.2. The summed E-state index contributed by atoms with van der Waals surface area (Å²) >= 11 is 0. The standard InChI is InChI=1S/C24H19NO7/c1-30-21-13-7-19(8-14-21)24(27)32-22-11-4-17(5-12-22)6-15-23(26)31-16-18-2-9-20(10-3-18)25(28)29/h2-15H,16H2,1H3/b15-6+. The van der Waals surface area contributed by atoms with E-state index in [9.17, 15) is 19.7 Å². The van der Waals surface area contributed by atoms with Crippen molar-refractivity contribution in [1.29, 1.82) is 0 Å². The van der Waals surface area contributed by atoms with E-state index in [1.54, 1.807) is 61.7 Å². The van der Waals surface area contributed by atoms with Crippen molar-refractivity contribution in [2.24, 2.45) is 0 Å². The molecule has 32 heavy (non-hydrogen) atoms. The highest BCUT2D eigenvalue weighted by Gasteiger charge is 2.09. The van der Waals surface area contributed by atoms with Gasteiger partial charge >= 0.3 is 11.9 Å². The zero-order chi connectivity index (χ0) is 22.9. The van der Waals surface area contributed by atoms with Crippen LogP contribution in [0.5, 0.6) is 11.5 Å². The molecule has 3 aromatic carbocycles. The molecule has 0 aromatic heterocycles. The summed E-state index contributed by atoms with van der Waals surface area (Å²) in [5.41, 5.74) is 1.71.